The zero-order valence-electron chi connectivity index (χ0n) is 17.0. The van der Waals surface area contributed by atoms with Gasteiger partial charge in [-0.2, -0.15) is 0 Å². The highest BCUT2D eigenvalue weighted by Crippen LogP contribution is 2.37. The van der Waals surface area contributed by atoms with E-state index in [1.54, 1.807) is 42.6 Å². The lowest BCUT2D eigenvalue weighted by molar-refractivity contribution is -0.138. The van der Waals surface area contributed by atoms with Crippen LogP contribution in [0.2, 0.25) is 0 Å². The molecule has 0 amide bonds. The first-order valence-electron chi connectivity index (χ1n) is 10.2. The van der Waals surface area contributed by atoms with Crippen LogP contribution in [0.5, 0.6) is 0 Å². The van der Waals surface area contributed by atoms with Gasteiger partial charge in [0.25, 0.3) is 0 Å². The number of hydrogen-bond donors (Lipinski definition) is 3. The number of aliphatic carboxylic acids is 1. The Labute approximate surface area is 180 Å². The Morgan fingerprint density at radius 1 is 1.13 bits per heavy atom. The molecule has 0 bridgehead atoms. The second kappa shape index (κ2) is 8.18. The van der Waals surface area contributed by atoms with Gasteiger partial charge in [-0.15, -0.1) is 0 Å². The van der Waals surface area contributed by atoms with E-state index in [0.717, 1.165) is 24.0 Å². The van der Waals surface area contributed by atoms with Crippen molar-refractivity contribution in [2.24, 2.45) is 27.4 Å². The van der Waals surface area contributed by atoms with Crippen molar-refractivity contribution in [3.05, 3.63) is 76.9 Å². The fourth-order valence-electron chi connectivity index (χ4n) is 4.37. The summed E-state index contributed by atoms with van der Waals surface area (Å²) in [4.78, 5) is 33.2. The number of Topliss-reactive ketones (excluding diaryl/α,β-unsaturated/α-hetero) is 1. The van der Waals surface area contributed by atoms with E-state index in [4.69, 9.17) is 16.6 Å². The lowest BCUT2D eigenvalue weighted by Crippen LogP contribution is -2.31. The Kier molecular flexibility index (Phi) is 5.42. The van der Waals surface area contributed by atoms with Crippen LogP contribution in [-0.4, -0.2) is 29.0 Å². The predicted octanol–water partition coefficient (Wildman–Crippen LogP) is 2.89. The summed E-state index contributed by atoms with van der Waals surface area (Å²) in [6.07, 6.45) is 7.78. The van der Waals surface area contributed by atoms with Gasteiger partial charge in [0.1, 0.15) is 0 Å². The Morgan fingerprint density at radius 3 is 2.55 bits per heavy atom. The molecule has 7 heteroatoms. The molecule has 2 aromatic carbocycles. The topological polar surface area (TPSA) is 131 Å². The quantitative estimate of drug-likeness (QED) is 0.378. The van der Waals surface area contributed by atoms with Crippen molar-refractivity contribution in [3.8, 4) is 0 Å². The number of fused-ring (bicyclic) bond motifs is 1. The lowest BCUT2D eigenvalue weighted by Gasteiger charge is -2.28. The number of nitrogens with zero attached hydrogens (tertiary/aromatic N) is 2. The van der Waals surface area contributed by atoms with Gasteiger partial charge in [-0.1, -0.05) is 18.2 Å². The summed E-state index contributed by atoms with van der Waals surface area (Å²) in [6.45, 7) is 0. The number of carboxylic acids is 1. The number of guanidine groups is 1. The maximum atomic E-state index is 13.6. The molecule has 0 radical (unpaired) electrons. The van der Waals surface area contributed by atoms with Crippen molar-refractivity contribution in [3.63, 3.8) is 0 Å². The lowest BCUT2D eigenvalue weighted by atomic mass is 9.77. The number of rotatable bonds is 6. The number of carbonyl (C=O) groups excluding carboxylic acids is 1. The number of carboxylic acid groups (broad SMARTS) is 1. The molecule has 0 saturated carbocycles. The monoisotopic (exact) mass is 416 g/mol. The molecule has 2 atom stereocenters. The summed E-state index contributed by atoms with van der Waals surface area (Å²) in [5, 5.41) is 9.15. The minimum atomic E-state index is -1.13. The van der Waals surface area contributed by atoms with Crippen LogP contribution in [0, 0.1) is 5.92 Å². The van der Waals surface area contributed by atoms with Crippen LogP contribution in [0.4, 0.5) is 5.69 Å². The summed E-state index contributed by atoms with van der Waals surface area (Å²) in [6, 6.07) is 12.8. The summed E-state index contributed by atoms with van der Waals surface area (Å²) < 4.78 is 0. The maximum absolute atomic E-state index is 13.6. The van der Waals surface area contributed by atoms with E-state index in [1.807, 2.05) is 18.2 Å². The highest BCUT2D eigenvalue weighted by atomic mass is 16.4. The van der Waals surface area contributed by atoms with Crippen molar-refractivity contribution in [1.29, 1.82) is 0 Å². The number of allylic oxidation sites excluding steroid dienone is 1. The van der Waals surface area contributed by atoms with Crippen LogP contribution in [0.1, 0.15) is 39.9 Å². The molecule has 2 aromatic rings. The van der Waals surface area contributed by atoms with Gasteiger partial charge in [0.2, 0.25) is 0 Å². The first-order valence-corrected chi connectivity index (χ1v) is 10.2. The molecular weight excluding hydrogens is 392 g/mol. The maximum Gasteiger partial charge on any atom is 0.303 e. The van der Waals surface area contributed by atoms with E-state index in [9.17, 15) is 9.59 Å². The zero-order chi connectivity index (χ0) is 22.0. The number of benzene rings is 2. The number of aryl methyl sites for hydroxylation is 1. The van der Waals surface area contributed by atoms with Gasteiger partial charge in [0.15, 0.2) is 17.3 Å². The van der Waals surface area contributed by atoms with E-state index in [0.29, 0.717) is 17.7 Å². The summed E-state index contributed by atoms with van der Waals surface area (Å²) in [7, 11) is 0. The third kappa shape index (κ3) is 4.12. The Balaban J connectivity index is 1.67. The molecule has 0 aromatic heterocycles. The molecular formula is C24H24N4O3. The third-order valence-electron chi connectivity index (χ3n) is 5.88. The first-order chi connectivity index (χ1) is 14.9. The summed E-state index contributed by atoms with van der Waals surface area (Å²) >= 11 is 0. The van der Waals surface area contributed by atoms with Crippen LogP contribution >= 0.6 is 0 Å². The van der Waals surface area contributed by atoms with Gasteiger partial charge in [-0.3, -0.25) is 14.6 Å². The molecule has 0 saturated heterocycles. The second-order valence-corrected chi connectivity index (χ2v) is 8.01. The molecule has 5 N–H and O–H groups in total. The summed E-state index contributed by atoms with van der Waals surface area (Å²) in [5.74, 6) is -0.859. The molecule has 158 valence electrons. The van der Waals surface area contributed by atoms with E-state index in [1.165, 1.54) is 5.56 Å². The minimum absolute atomic E-state index is 0.0471. The third-order valence-corrected chi connectivity index (χ3v) is 5.88. The standard InChI is InChI=1S/C24H24N4O3/c25-23(26)28-20-8-5-17(6-9-20)22(31)24(10-1-11-27-24)19-7-4-16-3-2-15(13-21(29)30)12-18(16)14-19/h1,4-11,14-15H,2-3,12-13H2,(H,29,30)(H4,25,26,28). The first kappa shape index (κ1) is 20.5. The van der Waals surface area contributed by atoms with Gasteiger partial charge < -0.3 is 16.6 Å². The molecule has 4 rings (SSSR count). The van der Waals surface area contributed by atoms with Gasteiger partial charge >= 0.3 is 5.97 Å². The molecule has 2 aliphatic rings. The Hall–Kier alpha value is -3.74. The van der Waals surface area contributed by atoms with Crippen LogP contribution in [0.25, 0.3) is 0 Å². The van der Waals surface area contributed by atoms with Crippen LogP contribution in [0.15, 0.2) is 64.6 Å². The number of carbonyl (C=O) groups is 2. The van der Waals surface area contributed by atoms with Crippen LogP contribution < -0.4 is 11.5 Å². The number of hydrogen-bond acceptors (Lipinski definition) is 4. The fraction of sp³-hybridized carbons (Fsp3) is 0.250. The largest absolute Gasteiger partial charge is 0.481 e. The fourth-order valence-corrected chi connectivity index (χ4v) is 4.37. The van der Waals surface area contributed by atoms with E-state index in [2.05, 4.69) is 9.98 Å². The molecule has 0 fully saturated rings. The second-order valence-electron chi connectivity index (χ2n) is 8.01. The van der Waals surface area contributed by atoms with Gasteiger partial charge in [-0.25, -0.2) is 4.99 Å². The van der Waals surface area contributed by atoms with Gasteiger partial charge in [0.05, 0.1) is 5.69 Å². The van der Waals surface area contributed by atoms with Gasteiger partial charge in [-0.05, 0) is 78.3 Å². The number of ketones is 1. The van der Waals surface area contributed by atoms with Crippen molar-refractivity contribution in [2.45, 2.75) is 31.2 Å². The zero-order valence-corrected chi connectivity index (χ0v) is 17.0. The Morgan fingerprint density at radius 2 is 1.90 bits per heavy atom. The predicted molar refractivity (Wildman–Crippen MR) is 120 cm³/mol. The molecule has 2 unspecified atom stereocenters. The highest BCUT2D eigenvalue weighted by molar-refractivity contribution is 6.08. The minimum Gasteiger partial charge on any atom is -0.481 e. The van der Waals surface area contributed by atoms with Crippen molar-refractivity contribution < 1.29 is 14.7 Å². The van der Waals surface area contributed by atoms with E-state index in [-0.39, 0.29) is 24.1 Å². The molecule has 31 heavy (non-hydrogen) atoms. The molecule has 7 nitrogen and oxygen atoms in total. The average molecular weight is 416 g/mol. The molecule has 1 aliphatic heterocycles. The van der Waals surface area contributed by atoms with Crippen molar-refractivity contribution in [2.75, 3.05) is 0 Å². The van der Waals surface area contributed by atoms with Gasteiger partial charge in [0, 0.05) is 18.2 Å². The average Bonchev–Trinajstić information content (AvgIpc) is 3.23. The number of aliphatic imine (C=N–C) groups is 2. The van der Waals surface area contributed by atoms with Crippen LogP contribution in [0.3, 0.4) is 0 Å². The molecule has 0 spiro atoms. The smallest absolute Gasteiger partial charge is 0.303 e. The normalized spacial score (nSPS) is 21.5. The molecule has 1 heterocycles. The summed E-state index contributed by atoms with van der Waals surface area (Å²) in [5.41, 5.74) is 13.8. The van der Waals surface area contributed by atoms with Crippen molar-refractivity contribution >= 4 is 29.6 Å². The van der Waals surface area contributed by atoms with E-state index < -0.39 is 11.5 Å². The SMILES string of the molecule is NC(N)=Nc1ccc(C(=O)C2(c3ccc4c(c3)CC(CC(=O)O)CC4)C=CC=N2)cc1. The van der Waals surface area contributed by atoms with Crippen molar-refractivity contribution in [1.82, 2.24) is 0 Å². The Bertz CT molecular complexity index is 1100. The highest BCUT2D eigenvalue weighted by Gasteiger charge is 2.39. The van der Waals surface area contributed by atoms with Crippen LogP contribution in [-0.2, 0) is 23.2 Å². The van der Waals surface area contributed by atoms with E-state index >= 15 is 0 Å². The molecule has 1 aliphatic carbocycles. The number of nitrogens with two attached hydrogens (primary N) is 2.